The zero-order valence-electron chi connectivity index (χ0n) is 12.8. The molecule has 0 aliphatic carbocycles. The van der Waals surface area contributed by atoms with Gasteiger partial charge in [-0.3, -0.25) is 8.98 Å². The molecular formula is C11H18N6O5S2. The number of nitrogen functional groups attached to an aromatic ring is 1. The summed E-state index contributed by atoms with van der Waals surface area (Å²) < 4.78 is 31.1. The third kappa shape index (κ3) is 4.05. The maximum atomic E-state index is 11.8. The van der Waals surface area contributed by atoms with E-state index < -0.39 is 22.1 Å². The summed E-state index contributed by atoms with van der Waals surface area (Å²) in [6.45, 7) is -0.216. The number of hydrogen-bond donors (Lipinski definition) is 3. The van der Waals surface area contributed by atoms with E-state index in [-0.39, 0.29) is 31.1 Å². The van der Waals surface area contributed by atoms with E-state index in [1.807, 2.05) is 6.26 Å². The summed E-state index contributed by atoms with van der Waals surface area (Å²) in [5.41, 5.74) is 11.8. The van der Waals surface area contributed by atoms with E-state index >= 15 is 0 Å². The molecule has 1 aromatic heterocycles. The van der Waals surface area contributed by atoms with Crippen LogP contribution in [-0.2, 0) is 24.0 Å². The largest absolute Gasteiger partial charge is 0.383 e. The quantitative estimate of drug-likeness (QED) is 0.443. The molecule has 134 valence electrons. The van der Waals surface area contributed by atoms with Crippen LogP contribution >= 0.6 is 11.8 Å². The molecule has 1 aliphatic rings. The Labute approximate surface area is 143 Å². The fraction of sp³-hybridized carbons (Fsp3) is 0.545. The number of carbonyl (C=O) groups excluding carboxylic acids is 1. The van der Waals surface area contributed by atoms with Crippen molar-refractivity contribution < 1.29 is 22.1 Å². The standard InChI is InChI=1S/C11H18N6O5S2/c1-23-11-7(9(13)18)6-8(12)15-4-16-10(6)17(11)5-21-2-3-22-24(14,19)20/h4,7,11H,2-3,5H2,1H3,(H2,13,18)(H2,12,15,16)(H2,14,19,20). The van der Waals surface area contributed by atoms with Gasteiger partial charge in [0.25, 0.3) is 0 Å². The zero-order valence-corrected chi connectivity index (χ0v) is 14.4. The minimum Gasteiger partial charge on any atom is -0.383 e. The fourth-order valence-electron chi connectivity index (χ4n) is 2.42. The number of nitrogens with zero attached hydrogens (tertiary/aromatic N) is 3. The predicted octanol–water partition coefficient (Wildman–Crippen LogP) is -1.67. The molecular weight excluding hydrogens is 360 g/mol. The van der Waals surface area contributed by atoms with Gasteiger partial charge in [0.15, 0.2) is 0 Å². The molecule has 1 amide bonds. The van der Waals surface area contributed by atoms with E-state index in [2.05, 4.69) is 14.2 Å². The van der Waals surface area contributed by atoms with Crippen molar-refractivity contribution >= 4 is 39.6 Å². The predicted molar refractivity (Wildman–Crippen MR) is 88.0 cm³/mol. The lowest BCUT2D eigenvalue weighted by Crippen LogP contribution is -2.38. The Hall–Kier alpha value is -1.67. The maximum absolute atomic E-state index is 11.8. The number of carbonyl (C=O) groups is 1. The molecule has 0 saturated carbocycles. The summed E-state index contributed by atoms with van der Waals surface area (Å²) >= 11 is 1.38. The number of thioether (sulfide) groups is 1. The van der Waals surface area contributed by atoms with Gasteiger partial charge in [-0.05, 0) is 6.26 Å². The molecule has 24 heavy (non-hydrogen) atoms. The second-order valence-electron chi connectivity index (χ2n) is 4.82. The van der Waals surface area contributed by atoms with E-state index in [4.69, 9.17) is 21.3 Å². The van der Waals surface area contributed by atoms with Gasteiger partial charge < -0.3 is 21.1 Å². The second-order valence-corrected chi connectivity index (χ2v) is 7.00. The molecule has 1 aromatic rings. The van der Waals surface area contributed by atoms with Crippen LogP contribution in [0.2, 0.25) is 0 Å². The summed E-state index contributed by atoms with van der Waals surface area (Å²) in [4.78, 5) is 21.6. The van der Waals surface area contributed by atoms with Gasteiger partial charge in [0, 0.05) is 0 Å². The molecule has 0 radical (unpaired) electrons. The Balaban J connectivity index is 2.12. The molecule has 2 atom stereocenters. The molecule has 0 bridgehead atoms. The van der Waals surface area contributed by atoms with Crippen LogP contribution in [0.5, 0.6) is 0 Å². The molecule has 2 heterocycles. The van der Waals surface area contributed by atoms with Crippen LogP contribution < -0.4 is 21.5 Å². The minimum absolute atomic E-state index is 0.0227. The first-order valence-electron chi connectivity index (χ1n) is 6.70. The zero-order chi connectivity index (χ0) is 17.9. The first-order chi connectivity index (χ1) is 11.3. The Kier molecular flexibility index (Phi) is 5.82. The van der Waals surface area contributed by atoms with Crippen LogP contribution in [0.1, 0.15) is 11.5 Å². The fourth-order valence-corrected chi connectivity index (χ4v) is 3.68. The SMILES string of the molecule is CSC1C(C(N)=O)c2c(N)ncnc2N1COCCOS(N)(=O)=O. The third-order valence-electron chi connectivity index (χ3n) is 3.32. The number of amides is 1. The number of nitrogens with two attached hydrogens (primary N) is 3. The maximum Gasteiger partial charge on any atom is 0.333 e. The van der Waals surface area contributed by atoms with E-state index in [1.165, 1.54) is 18.1 Å². The van der Waals surface area contributed by atoms with Crippen LogP contribution in [0.25, 0.3) is 0 Å². The molecule has 0 saturated heterocycles. The van der Waals surface area contributed by atoms with Crippen LogP contribution in [-0.4, -0.2) is 55.9 Å². The highest BCUT2D eigenvalue weighted by Crippen LogP contribution is 2.45. The summed E-state index contributed by atoms with van der Waals surface area (Å²) in [6, 6.07) is 0. The van der Waals surface area contributed by atoms with Crippen LogP contribution in [0, 0.1) is 0 Å². The van der Waals surface area contributed by atoms with Crippen LogP contribution in [0.15, 0.2) is 6.33 Å². The highest BCUT2D eigenvalue weighted by atomic mass is 32.2. The highest BCUT2D eigenvalue weighted by Gasteiger charge is 2.44. The first-order valence-corrected chi connectivity index (χ1v) is 9.46. The van der Waals surface area contributed by atoms with Crippen molar-refractivity contribution in [3.05, 3.63) is 11.9 Å². The lowest BCUT2D eigenvalue weighted by atomic mass is 10.0. The normalized spacial score (nSPS) is 20.2. The topological polar surface area (TPSA) is 177 Å². The van der Waals surface area contributed by atoms with Crippen molar-refractivity contribution in [1.82, 2.24) is 9.97 Å². The van der Waals surface area contributed by atoms with Crippen molar-refractivity contribution in [2.75, 3.05) is 36.8 Å². The average Bonchev–Trinajstić information content (AvgIpc) is 2.81. The van der Waals surface area contributed by atoms with Gasteiger partial charge in [0.2, 0.25) is 5.91 Å². The average molecular weight is 378 g/mol. The Morgan fingerprint density at radius 2 is 2.12 bits per heavy atom. The van der Waals surface area contributed by atoms with Crippen molar-refractivity contribution in [1.29, 1.82) is 0 Å². The summed E-state index contributed by atoms with van der Waals surface area (Å²) in [7, 11) is -4.01. The summed E-state index contributed by atoms with van der Waals surface area (Å²) in [5.74, 6) is -0.585. The number of hydrogen-bond acceptors (Lipinski definition) is 10. The Bertz CT molecular complexity index is 715. The highest BCUT2D eigenvalue weighted by molar-refractivity contribution is 7.99. The Morgan fingerprint density at radius 1 is 1.42 bits per heavy atom. The number of fused-ring (bicyclic) bond motifs is 1. The molecule has 2 unspecified atom stereocenters. The van der Waals surface area contributed by atoms with Gasteiger partial charge in [-0.1, -0.05) is 0 Å². The lowest BCUT2D eigenvalue weighted by Gasteiger charge is -2.26. The molecule has 1 aliphatic heterocycles. The van der Waals surface area contributed by atoms with Gasteiger partial charge in [-0.25, -0.2) is 15.1 Å². The number of anilines is 2. The molecule has 11 nitrogen and oxygen atoms in total. The molecule has 13 heteroatoms. The van der Waals surface area contributed by atoms with Crippen molar-refractivity contribution in [2.45, 2.75) is 11.3 Å². The third-order valence-corrected chi connectivity index (χ3v) is 4.83. The number of rotatable bonds is 8. The van der Waals surface area contributed by atoms with Gasteiger partial charge in [-0.15, -0.1) is 11.8 Å². The monoisotopic (exact) mass is 378 g/mol. The number of aromatic nitrogens is 2. The molecule has 0 fully saturated rings. The summed E-state index contributed by atoms with van der Waals surface area (Å²) in [5, 5.41) is 4.35. The smallest absolute Gasteiger partial charge is 0.333 e. The first kappa shape index (κ1) is 18.7. The van der Waals surface area contributed by atoms with E-state index in [0.29, 0.717) is 11.4 Å². The number of primary amides is 1. The van der Waals surface area contributed by atoms with Crippen molar-refractivity contribution in [3.63, 3.8) is 0 Å². The molecule has 2 rings (SSSR count). The van der Waals surface area contributed by atoms with Crippen molar-refractivity contribution in [3.8, 4) is 0 Å². The van der Waals surface area contributed by atoms with Crippen LogP contribution in [0.4, 0.5) is 11.6 Å². The van der Waals surface area contributed by atoms with E-state index in [0.717, 1.165) is 0 Å². The van der Waals surface area contributed by atoms with E-state index in [9.17, 15) is 13.2 Å². The molecule has 0 aromatic carbocycles. The van der Waals surface area contributed by atoms with Gasteiger partial charge >= 0.3 is 10.3 Å². The van der Waals surface area contributed by atoms with Gasteiger partial charge in [-0.2, -0.15) is 8.42 Å². The molecule has 6 N–H and O–H groups in total. The summed E-state index contributed by atoms with van der Waals surface area (Å²) in [6.07, 6.45) is 3.10. The Morgan fingerprint density at radius 3 is 2.71 bits per heavy atom. The lowest BCUT2D eigenvalue weighted by molar-refractivity contribution is -0.119. The van der Waals surface area contributed by atoms with Gasteiger partial charge in [0.05, 0.1) is 30.1 Å². The number of ether oxygens (including phenoxy) is 1. The minimum atomic E-state index is -4.01. The van der Waals surface area contributed by atoms with Crippen molar-refractivity contribution in [2.24, 2.45) is 10.9 Å². The van der Waals surface area contributed by atoms with Gasteiger partial charge in [0.1, 0.15) is 24.7 Å². The second kappa shape index (κ2) is 7.48. The van der Waals surface area contributed by atoms with Crippen LogP contribution in [0.3, 0.4) is 0 Å². The van der Waals surface area contributed by atoms with E-state index in [1.54, 1.807) is 4.90 Å². The molecule has 0 spiro atoms.